The molecule has 1 N–H and O–H groups in total. The Hall–Kier alpha value is -1.38. The van der Waals surface area contributed by atoms with E-state index >= 15 is 0 Å². The van der Waals surface area contributed by atoms with E-state index in [1.54, 1.807) is 12.1 Å². The van der Waals surface area contributed by atoms with Gasteiger partial charge >= 0.3 is 0 Å². The number of benzene rings is 2. The summed E-state index contributed by atoms with van der Waals surface area (Å²) in [5, 5.41) is 4.18. The van der Waals surface area contributed by atoms with Crippen molar-refractivity contribution in [1.29, 1.82) is 0 Å². The van der Waals surface area contributed by atoms with Gasteiger partial charge in [-0.1, -0.05) is 42.8 Å². The molecule has 3 heteroatoms. The predicted octanol–water partition coefficient (Wildman–Crippen LogP) is 4.86. The molecule has 0 aliphatic heterocycles. The van der Waals surface area contributed by atoms with Gasteiger partial charge in [-0.05, 0) is 54.3 Å². The average molecular weight is 304 g/mol. The van der Waals surface area contributed by atoms with Crippen molar-refractivity contribution in [2.24, 2.45) is 0 Å². The lowest BCUT2D eigenvalue weighted by Gasteiger charge is -2.37. The fourth-order valence-corrected chi connectivity index (χ4v) is 3.35. The lowest BCUT2D eigenvalue weighted by Crippen LogP contribution is -2.34. The van der Waals surface area contributed by atoms with Gasteiger partial charge < -0.3 is 5.32 Å². The summed E-state index contributed by atoms with van der Waals surface area (Å²) in [7, 11) is 0. The van der Waals surface area contributed by atoms with Crippen LogP contribution in [-0.2, 0) is 6.42 Å². The van der Waals surface area contributed by atoms with Crippen molar-refractivity contribution in [2.45, 2.75) is 31.7 Å². The Morgan fingerprint density at radius 3 is 2.86 bits per heavy atom. The molecule has 1 aliphatic rings. The Bertz CT molecular complexity index is 641. The Kier molecular flexibility index (Phi) is 4.27. The molecule has 2 aromatic carbocycles. The van der Waals surface area contributed by atoms with Gasteiger partial charge in [-0.15, -0.1) is 0 Å². The minimum atomic E-state index is -0.231. The number of nitrogens with one attached hydrogen (secondary N) is 1. The smallest absolute Gasteiger partial charge is 0.123 e. The largest absolute Gasteiger partial charge is 0.309 e. The van der Waals surface area contributed by atoms with Crippen molar-refractivity contribution in [3.63, 3.8) is 0 Å². The molecule has 0 saturated carbocycles. The third-order valence-corrected chi connectivity index (χ3v) is 4.55. The van der Waals surface area contributed by atoms with Crippen LogP contribution in [0.2, 0.25) is 5.02 Å². The average Bonchev–Trinajstić information content (AvgIpc) is 2.46. The van der Waals surface area contributed by atoms with Crippen molar-refractivity contribution in [3.05, 3.63) is 70.0 Å². The quantitative estimate of drug-likeness (QED) is 0.832. The van der Waals surface area contributed by atoms with Gasteiger partial charge in [-0.3, -0.25) is 0 Å². The lowest BCUT2D eigenvalue weighted by molar-refractivity contribution is 0.410. The van der Waals surface area contributed by atoms with E-state index in [9.17, 15) is 4.39 Å². The zero-order chi connectivity index (χ0) is 14.8. The molecule has 3 rings (SSSR count). The van der Waals surface area contributed by atoms with Crippen LogP contribution in [0.15, 0.2) is 42.5 Å². The highest BCUT2D eigenvalue weighted by Gasteiger charge is 2.34. The highest BCUT2D eigenvalue weighted by atomic mass is 35.5. The fraction of sp³-hybridized carbons (Fsp3) is 0.333. The first-order chi connectivity index (χ1) is 10.2. The van der Waals surface area contributed by atoms with Crippen LogP contribution in [0.1, 0.15) is 42.0 Å². The van der Waals surface area contributed by atoms with E-state index in [0.29, 0.717) is 10.9 Å². The molecule has 0 saturated heterocycles. The maximum absolute atomic E-state index is 13.6. The van der Waals surface area contributed by atoms with Crippen LogP contribution in [0.25, 0.3) is 0 Å². The predicted molar refractivity (Wildman–Crippen MR) is 85.3 cm³/mol. The van der Waals surface area contributed by atoms with E-state index in [0.717, 1.165) is 24.9 Å². The minimum Gasteiger partial charge on any atom is -0.309 e. The van der Waals surface area contributed by atoms with Crippen molar-refractivity contribution in [2.75, 3.05) is 6.54 Å². The van der Waals surface area contributed by atoms with Crippen LogP contribution in [0.4, 0.5) is 4.39 Å². The van der Waals surface area contributed by atoms with Gasteiger partial charge in [0.15, 0.2) is 0 Å². The molecule has 110 valence electrons. The second-order valence-corrected chi connectivity index (χ2v) is 6.01. The zero-order valence-corrected chi connectivity index (χ0v) is 12.8. The summed E-state index contributed by atoms with van der Waals surface area (Å²) in [5.41, 5.74) is 3.61. The molecule has 0 aromatic heterocycles. The molecule has 0 fully saturated rings. The SMILES string of the molecule is CCCNC(c1cc(F)ccc1Cl)C1Cc2ccccc21. The van der Waals surface area contributed by atoms with Crippen LogP contribution >= 0.6 is 11.6 Å². The first-order valence-electron chi connectivity index (χ1n) is 7.47. The summed E-state index contributed by atoms with van der Waals surface area (Å²) in [5.74, 6) is 0.136. The maximum atomic E-state index is 13.6. The first kappa shape index (κ1) is 14.6. The number of rotatable bonds is 5. The zero-order valence-electron chi connectivity index (χ0n) is 12.1. The van der Waals surface area contributed by atoms with Crippen molar-refractivity contribution in [3.8, 4) is 0 Å². The molecule has 21 heavy (non-hydrogen) atoms. The molecular weight excluding hydrogens is 285 g/mol. The number of halogens is 2. The van der Waals surface area contributed by atoms with Gasteiger partial charge in [0, 0.05) is 17.0 Å². The molecule has 0 spiro atoms. The van der Waals surface area contributed by atoms with E-state index in [1.807, 2.05) is 0 Å². The van der Waals surface area contributed by atoms with Crippen LogP contribution in [0.3, 0.4) is 0 Å². The second-order valence-electron chi connectivity index (χ2n) is 5.61. The number of hydrogen-bond acceptors (Lipinski definition) is 1. The van der Waals surface area contributed by atoms with E-state index in [2.05, 4.69) is 36.5 Å². The van der Waals surface area contributed by atoms with Gasteiger partial charge in [0.25, 0.3) is 0 Å². The third kappa shape index (κ3) is 2.83. The molecule has 0 radical (unpaired) electrons. The van der Waals surface area contributed by atoms with Gasteiger partial charge in [0.2, 0.25) is 0 Å². The van der Waals surface area contributed by atoms with Gasteiger partial charge in [0.05, 0.1) is 0 Å². The Balaban J connectivity index is 1.94. The normalized spacial score (nSPS) is 18.0. The molecule has 0 amide bonds. The van der Waals surface area contributed by atoms with E-state index in [4.69, 9.17) is 11.6 Å². The maximum Gasteiger partial charge on any atom is 0.123 e. The van der Waals surface area contributed by atoms with Crippen LogP contribution in [0, 0.1) is 5.82 Å². The molecule has 1 nitrogen and oxygen atoms in total. The van der Waals surface area contributed by atoms with E-state index in [1.165, 1.54) is 17.2 Å². The van der Waals surface area contributed by atoms with Crippen LogP contribution in [0.5, 0.6) is 0 Å². The summed E-state index contributed by atoms with van der Waals surface area (Å²) >= 11 is 6.32. The molecule has 0 bridgehead atoms. The van der Waals surface area contributed by atoms with Gasteiger partial charge in [-0.25, -0.2) is 4.39 Å². The van der Waals surface area contributed by atoms with E-state index < -0.39 is 0 Å². The first-order valence-corrected chi connectivity index (χ1v) is 7.84. The Labute approximate surface area is 130 Å². The molecule has 2 unspecified atom stereocenters. The molecule has 2 aromatic rings. The van der Waals surface area contributed by atoms with E-state index in [-0.39, 0.29) is 11.9 Å². The summed E-state index contributed by atoms with van der Waals surface area (Å²) in [6, 6.07) is 13.2. The Morgan fingerprint density at radius 1 is 1.29 bits per heavy atom. The van der Waals surface area contributed by atoms with Crippen molar-refractivity contribution < 1.29 is 4.39 Å². The molecular formula is C18H19ClFN. The van der Waals surface area contributed by atoms with Gasteiger partial charge in [0.1, 0.15) is 5.82 Å². The number of fused-ring (bicyclic) bond motifs is 1. The fourth-order valence-electron chi connectivity index (χ4n) is 3.12. The van der Waals surface area contributed by atoms with Crippen molar-refractivity contribution >= 4 is 11.6 Å². The summed E-state index contributed by atoms with van der Waals surface area (Å²) < 4.78 is 13.6. The summed E-state index contributed by atoms with van der Waals surface area (Å²) in [6.45, 7) is 3.03. The van der Waals surface area contributed by atoms with Gasteiger partial charge in [-0.2, -0.15) is 0 Å². The number of hydrogen-bond donors (Lipinski definition) is 1. The molecule has 1 aliphatic carbocycles. The minimum absolute atomic E-state index is 0.0723. The molecule has 2 atom stereocenters. The lowest BCUT2D eigenvalue weighted by atomic mass is 9.71. The topological polar surface area (TPSA) is 12.0 Å². The monoisotopic (exact) mass is 303 g/mol. The van der Waals surface area contributed by atoms with Crippen LogP contribution < -0.4 is 5.32 Å². The summed E-state index contributed by atoms with van der Waals surface area (Å²) in [4.78, 5) is 0. The van der Waals surface area contributed by atoms with Crippen molar-refractivity contribution in [1.82, 2.24) is 5.32 Å². The highest BCUT2D eigenvalue weighted by Crippen LogP contribution is 2.44. The standard InChI is InChI=1S/C18H19ClFN/c1-2-9-21-18(16-11-13(20)7-8-17(16)19)15-10-12-5-3-4-6-14(12)15/h3-8,11,15,18,21H,2,9-10H2,1H3. The molecule has 0 heterocycles. The van der Waals surface area contributed by atoms with Crippen LogP contribution in [-0.4, -0.2) is 6.54 Å². The second kappa shape index (κ2) is 6.17. The highest BCUT2D eigenvalue weighted by molar-refractivity contribution is 6.31. The Morgan fingerprint density at radius 2 is 2.10 bits per heavy atom. The summed E-state index contributed by atoms with van der Waals surface area (Å²) in [6.07, 6.45) is 2.06. The third-order valence-electron chi connectivity index (χ3n) is 4.20.